The Bertz CT molecular complexity index is 909. The van der Waals surface area contributed by atoms with Crippen LogP contribution in [0.3, 0.4) is 0 Å². The maximum Gasteiger partial charge on any atom is 0.266 e. The molecule has 1 aliphatic rings. The molecule has 4 rings (SSSR count). The maximum absolute atomic E-state index is 12.6. The molecule has 0 spiro atoms. The summed E-state index contributed by atoms with van der Waals surface area (Å²) in [6.45, 7) is 0. The molecule has 0 saturated carbocycles. The highest BCUT2D eigenvalue weighted by molar-refractivity contribution is 6.34. The number of rotatable bonds is 3. The van der Waals surface area contributed by atoms with Gasteiger partial charge in [-0.15, -0.1) is 0 Å². The van der Waals surface area contributed by atoms with Crippen molar-refractivity contribution in [2.24, 2.45) is 0 Å². The van der Waals surface area contributed by atoms with Crippen molar-refractivity contribution >= 4 is 17.5 Å². The van der Waals surface area contributed by atoms with E-state index in [0.717, 1.165) is 5.56 Å². The van der Waals surface area contributed by atoms with Crippen LogP contribution in [-0.4, -0.2) is 18.9 Å². The Morgan fingerprint density at radius 1 is 0.875 bits per heavy atom. The lowest BCUT2D eigenvalue weighted by Gasteiger charge is -2.16. The number of carbonyl (C=O) groups is 2. The van der Waals surface area contributed by atoms with Crippen molar-refractivity contribution in [3.05, 3.63) is 72.0 Å². The molecule has 2 aromatic carbocycles. The largest absolute Gasteiger partial charge is 0.496 e. The van der Waals surface area contributed by atoms with Crippen molar-refractivity contribution in [2.45, 2.75) is 0 Å². The molecule has 1 aromatic heterocycles. The minimum absolute atomic E-state index is 0.330. The SMILES string of the molecule is COc1cc(N2C(=O)c3ccccc3C2=O)ccc1-c1ccco1. The van der Waals surface area contributed by atoms with Crippen LogP contribution in [0.1, 0.15) is 20.7 Å². The quantitative estimate of drug-likeness (QED) is 0.690. The molecule has 0 saturated heterocycles. The molecule has 3 aromatic rings. The van der Waals surface area contributed by atoms with Crippen LogP contribution in [0, 0.1) is 0 Å². The zero-order valence-electron chi connectivity index (χ0n) is 12.9. The van der Waals surface area contributed by atoms with Gasteiger partial charge in [-0.2, -0.15) is 0 Å². The molecule has 0 N–H and O–H groups in total. The molecule has 1 aliphatic heterocycles. The van der Waals surface area contributed by atoms with E-state index >= 15 is 0 Å². The number of furan rings is 1. The number of fused-ring (bicyclic) bond motifs is 1. The second-order valence-corrected chi connectivity index (χ2v) is 5.35. The standard InChI is InChI=1S/C19H13NO4/c1-23-17-11-12(8-9-15(17)16-7-4-10-24-16)20-18(21)13-5-2-3-6-14(13)19(20)22/h2-11H,1H3. The van der Waals surface area contributed by atoms with Crippen molar-refractivity contribution in [3.8, 4) is 17.1 Å². The molecule has 0 bridgehead atoms. The Morgan fingerprint density at radius 3 is 2.17 bits per heavy atom. The van der Waals surface area contributed by atoms with Crippen LogP contribution in [0.15, 0.2) is 65.3 Å². The number of hydrogen-bond acceptors (Lipinski definition) is 4. The number of ether oxygens (including phenoxy) is 1. The molecule has 24 heavy (non-hydrogen) atoms. The van der Waals surface area contributed by atoms with Crippen molar-refractivity contribution in [2.75, 3.05) is 12.0 Å². The Morgan fingerprint density at radius 2 is 1.58 bits per heavy atom. The number of methoxy groups -OCH3 is 1. The lowest BCUT2D eigenvalue weighted by Crippen LogP contribution is -2.29. The van der Waals surface area contributed by atoms with E-state index in [4.69, 9.17) is 9.15 Å². The van der Waals surface area contributed by atoms with Gasteiger partial charge < -0.3 is 9.15 Å². The summed E-state index contributed by atoms with van der Waals surface area (Å²) in [6.07, 6.45) is 1.58. The van der Waals surface area contributed by atoms with Crippen molar-refractivity contribution in [1.82, 2.24) is 0 Å². The van der Waals surface area contributed by atoms with Crippen LogP contribution < -0.4 is 9.64 Å². The van der Waals surface area contributed by atoms with Gasteiger partial charge in [-0.1, -0.05) is 12.1 Å². The lowest BCUT2D eigenvalue weighted by atomic mass is 10.1. The van der Waals surface area contributed by atoms with Crippen LogP contribution >= 0.6 is 0 Å². The summed E-state index contributed by atoms with van der Waals surface area (Å²) in [5.41, 5.74) is 2.05. The molecule has 0 fully saturated rings. The first-order chi connectivity index (χ1) is 11.7. The molecule has 0 aliphatic carbocycles. The van der Waals surface area contributed by atoms with Crippen LogP contribution in [-0.2, 0) is 0 Å². The van der Waals surface area contributed by atoms with Gasteiger partial charge in [-0.25, -0.2) is 4.90 Å². The summed E-state index contributed by atoms with van der Waals surface area (Å²) < 4.78 is 10.8. The summed E-state index contributed by atoms with van der Waals surface area (Å²) in [6, 6.07) is 15.6. The maximum atomic E-state index is 12.6. The number of anilines is 1. The normalized spacial score (nSPS) is 13.3. The third kappa shape index (κ3) is 2.02. The number of benzene rings is 2. The van der Waals surface area contributed by atoms with Crippen LogP contribution in [0.4, 0.5) is 5.69 Å². The van der Waals surface area contributed by atoms with Gasteiger partial charge in [0, 0.05) is 6.07 Å². The Kier molecular flexibility index (Phi) is 3.20. The predicted octanol–water partition coefficient (Wildman–Crippen LogP) is 3.76. The summed E-state index contributed by atoms with van der Waals surface area (Å²) in [5.74, 6) is 0.520. The first kappa shape index (κ1) is 14.3. The fourth-order valence-electron chi connectivity index (χ4n) is 2.88. The van der Waals surface area contributed by atoms with Gasteiger partial charge in [0.15, 0.2) is 0 Å². The van der Waals surface area contributed by atoms with E-state index in [2.05, 4.69) is 0 Å². The average Bonchev–Trinajstić information content (AvgIpc) is 3.23. The van der Waals surface area contributed by atoms with Gasteiger partial charge in [0.25, 0.3) is 11.8 Å². The fourth-order valence-corrected chi connectivity index (χ4v) is 2.88. The van der Waals surface area contributed by atoms with Gasteiger partial charge >= 0.3 is 0 Å². The van der Waals surface area contributed by atoms with Gasteiger partial charge in [-0.3, -0.25) is 9.59 Å². The smallest absolute Gasteiger partial charge is 0.266 e. The molecular formula is C19H13NO4. The Hall–Kier alpha value is -3.34. The van der Waals surface area contributed by atoms with Gasteiger partial charge in [0.2, 0.25) is 0 Å². The van der Waals surface area contributed by atoms with Gasteiger partial charge in [0.1, 0.15) is 11.5 Å². The summed E-state index contributed by atoms with van der Waals surface area (Å²) in [4.78, 5) is 26.3. The van der Waals surface area contributed by atoms with Crippen molar-refractivity contribution < 1.29 is 18.7 Å². The van der Waals surface area contributed by atoms with E-state index in [9.17, 15) is 9.59 Å². The van der Waals surface area contributed by atoms with Crippen LogP contribution in [0.2, 0.25) is 0 Å². The minimum Gasteiger partial charge on any atom is -0.496 e. The van der Waals surface area contributed by atoms with E-state index < -0.39 is 0 Å². The second kappa shape index (κ2) is 5.38. The number of carbonyl (C=O) groups excluding carboxylic acids is 2. The third-order valence-corrected chi connectivity index (χ3v) is 4.02. The number of hydrogen-bond donors (Lipinski definition) is 0. The Labute approximate surface area is 138 Å². The molecular weight excluding hydrogens is 306 g/mol. The highest BCUT2D eigenvalue weighted by atomic mass is 16.5. The molecule has 118 valence electrons. The summed E-state index contributed by atoms with van der Waals surface area (Å²) in [7, 11) is 1.54. The van der Waals surface area contributed by atoms with Crippen molar-refractivity contribution in [1.29, 1.82) is 0 Å². The molecule has 5 heteroatoms. The number of imide groups is 1. The van der Waals surface area contributed by atoms with Gasteiger partial charge in [-0.05, 0) is 36.4 Å². The monoisotopic (exact) mass is 319 g/mol. The van der Waals surface area contributed by atoms with Crippen LogP contribution in [0.5, 0.6) is 5.75 Å². The molecule has 2 heterocycles. The zero-order valence-corrected chi connectivity index (χ0v) is 12.9. The lowest BCUT2D eigenvalue weighted by molar-refractivity contribution is 0.0926. The zero-order chi connectivity index (χ0) is 16.7. The number of amides is 2. The number of nitrogens with zero attached hydrogens (tertiary/aromatic N) is 1. The summed E-state index contributed by atoms with van der Waals surface area (Å²) in [5, 5.41) is 0. The van der Waals surface area contributed by atoms with E-state index in [1.165, 1.54) is 12.0 Å². The van der Waals surface area contributed by atoms with Crippen LogP contribution in [0.25, 0.3) is 11.3 Å². The minimum atomic E-state index is -0.330. The molecule has 2 amide bonds. The third-order valence-electron chi connectivity index (χ3n) is 4.02. The van der Waals surface area contributed by atoms with E-state index in [1.807, 2.05) is 6.07 Å². The van der Waals surface area contributed by atoms with E-state index in [-0.39, 0.29) is 11.8 Å². The Balaban J connectivity index is 1.79. The van der Waals surface area contributed by atoms with E-state index in [0.29, 0.717) is 28.3 Å². The molecule has 5 nitrogen and oxygen atoms in total. The first-order valence-corrected chi connectivity index (χ1v) is 7.40. The highest BCUT2D eigenvalue weighted by Gasteiger charge is 2.36. The van der Waals surface area contributed by atoms with Gasteiger partial charge in [0.05, 0.1) is 35.8 Å². The summed E-state index contributed by atoms with van der Waals surface area (Å²) >= 11 is 0. The van der Waals surface area contributed by atoms with Crippen molar-refractivity contribution in [3.63, 3.8) is 0 Å². The topological polar surface area (TPSA) is 59.8 Å². The molecule has 0 unspecified atom stereocenters. The first-order valence-electron chi connectivity index (χ1n) is 7.40. The second-order valence-electron chi connectivity index (χ2n) is 5.35. The average molecular weight is 319 g/mol. The molecule has 0 radical (unpaired) electrons. The predicted molar refractivity (Wildman–Crippen MR) is 88.3 cm³/mol. The van der Waals surface area contributed by atoms with E-state index in [1.54, 1.807) is 54.8 Å². The fraction of sp³-hybridized carbons (Fsp3) is 0.0526. The highest BCUT2D eigenvalue weighted by Crippen LogP contribution is 2.36. The molecule has 0 atom stereocenters.